The lowest BCUT2D eigenvalue weighted by molar-refractivity contribution is -0.141. The van der Waals surface area contributed by atoms with Gasteiger partial charge in [0.2, 0.25) is 0 Å². The molecule has 0 rings (SSSR count). The zero-order chi connectivity index (χ0) is 12.6. The van der Waals surface area contributed by atoms with Gasteiger partial charge in [-0.1, -0.05) is 33.3 Å². The number of hydrogen-bond donors (Lipinski definition) is 1. The van der Waals surface area contributed by atoms with Gasteiger partial charge in [0.25, 0.3) is 0 Å². The van der Waals surface area contributed by atoms with Gasteiger partial charge in [0.15, 0.2) is 0 Å². The van der Waals surface area contributed by atoms with E-state index >= 15 is 0 Å². The molecule has 2 unspecified atom stereocenters. The van der Waals surface area contributed by atoms with Crippen LogP contribution in [0.5, 0.6) is 0 Å². The van der Waals surface area contributed by atoms with Crippen LogP contribution in [-0.2, 0) is 9.53 Å². The highest BCUT2D eigenvalue weighted by molar-refractivity contribution is 5.86. The largest absolute Gasteiger partial charge is 0.462 e. The van der Waals surface area contributed by atoms with Gasteiger partial charge in [-0.3, -0.25) is 0 Å². The monoisotopic (exact) mass is 228 g/mol. The molecule has 0 saturated heterocycles. The molecule has 0 saturated carbocycles. The molecule has 0 heterocycles. The Hall–Kier alpha value is -0.830. The number of aliphatic hydroxyl groups excluding tert-OH is 1. The average molecular weight is 228 g/mol. The molecule has 1 N–H and O–H groups in total. The van der Waals surface area contributed by atoms with Crippen LogP contribution in [0.3, 0.4) is 0 Å². The Balaban J connectivity index is 3.99. The molecule has 3 nitrogen and oxygen atoms in total. The Morgan fingerprint density at radius 2 is 2.06 bits per heavy atom. The maximum atomic E-state index is 11.2. The molecule has 0 aromatic rings. The normalized spacial score (nSPS) is 14.2. The van der Waals surface area contributed by atoms with E-state index in [1.165, 1.54) is 0 Å². The van der Waals surface area contributed by atoms with Gasteiger partial charge in [-0.15, -0.1) is 0 Å². The second-order valence-corrected chi connectivity index (χ2v) is 4.26. The minimum atomic E-state index is -0.374. The zero-order valence-electron chi connectivity index (χ0n) is 10.7. The van der Waals surface area contributed by atoms with Crippen LogP contribution in [-0.4, -0.2) is 23.8 Å². The highest BCUT2D eigenvalue weighted by Gasteiger charge is 2.18. The molecule has 2 atom stereocenters. The van der Waals surface area contributed by atoms with Crippen molar-refractivity contribution in [3.05, 3.63) is 12.2 Å². The van der Waals surface area contributed by atoms with Crippen LogP contribution in [0.4, 0.5) is 0 Å². The van der Waals surface area contributed by atoms with Gasteiger partial charge >= 0.3 is 5.97 Å². The van der Waals surface area contributed by atoms with E-state index in [1.54, 1.807) is 6.92 Å². The first-order valence-electron chi connectivity index (χ1n) is 6.03. The zero-order valence-corrected chi connectivity index (χ0v) is 10.7. The van der Waals surface area contributed by atoms with E-state index in [0.717, 1.165) is 25.7 Å². The number of aliphatic hydroxyl groups is 1. The molecule has 0 aromatic carbocycles. The third-order valence-corrected chi connectivity index (χ3v) is 2.70. The molecular weight excluding hydrogens is 204 g/mol. The second kappa shape index (κ2) is 8.34. The molecule has 0 fully saturated rings. The highest BCUT2D eigenvalue weighted by atomic mass is 16.5. The Morgan fingerprint density at radius 3 is 2.50 bits per heavy atom. The van der Waals surface area contributed by atoms with E-state index in [9.17, 15) is 9.90 Å². The molecule has 0 spiro atoms. The van der Waals surface area contributed by atoms with E-state index in [4.69, 9.17) is 4.74 Å². The molecule has 0 aliphatic carbocycles. The summed E-state index contributed by atoms with van der Waals surface area (Å²) in [6, 6.07) is 0. The fourth-order valence-corrected chi connectivity index (χ4v) is 1.46. The molecule has 16 heavy (non-hydrogen) atoms. The molecular formula is C13H24O3. The fraction of sp³-hybridized carbons (Fsp3) is 0.769. The van der Waals surface area contributed by atoms with E-state index in [2.05, 4.69) is 13.5 Å². The van der Waals surface area contributed by atoms with Gasteiger partial charge < -0.3 is 9.84 Å². The summed E-state index contributed by atoms with van der Waals surface area (Å²) < 4.78 is 5.06. The Kier molecular flexibility index (Phi) is 7.90. The summed E-state index contributed by atoms with van der Waals surface area (Å²) in [6.45, 7) is 9.51. The van der Waals surface area contributed by atoms with Crippen LogP contribution in [0.2, 0.25) is 0 Å². The van der Waals surface area contributed by atoms with Crippen LogP contribution in [0.25, 0.3) is 0 Å². The Bertz CT molecular complexity index is 223. The van der Waals surface area contributed by atoms with E-state index in [1.807, 2.05) is 6.92 Å². The molecule has 0 radical (unpaired) electrons. The number of ether oxygens (including phenoxy) is 1. The van der Waals surface area contributed by atoms with Crippen molar-refractivity contribution in [1.82, 2.24) is 0 Å². The minimum absolute atomic E-state index is 0.0369. The van der Waals surface area contributed by atoms with E-state index in [0.29, 0.717) is 5.57 Å². The number of rotatable bonds is 8. The van der Waals surface area contributed by atoms with Crippen molar-refractivity contribution in [3.63, 3.8) is 0 Å². The molecule has 3 heteroatoms. The third-order valence-electron chi connectivity index (χ3n) is 2.70. The van der Waals surface area contributed by atoms with Crippen LogP contribution in [0, 0.1) is 5.92 Å². The lowest BCUT2D eigenvalue weighted by atomic mass is 9.96. The molecule has 0 bridgehead atoms. The Labute approximate surface area is 98.5 Å². The molecule has 94 valence electrons. The van der Waals surface area contributed by atoms with Gasteiger partial charge in [-0.2, -0.15) is 0 Å². The van der Waals surface area contributed by atoms with Gasteiger partial charge in [-0.05, 0) is 19.8 Å². The van der Waals surface area contributed by atoms with Crippen LogP contribution in [0.15, 0.2) is 12.2 Å². The number of carbonyl (C=O) groups is 1. The van der Waals surface area contributed by atoms with Gasteiger partial charge in [-0.25, -0.2) is 4.79 Å². The summed E-state index contributed by atoms with van der Waals surface area (Å²) in [5.41, 5.74) is 0.401. The summed E-state index contributed by atoms with van der Waals surface area (Å²) in [4.78, 5) is 11.2. The van der Waals surface area contributed by atoms with E-state index < -0.39 is 0 Å². The van der Waals surface area contributed by atoms with Crippen molar-refractivity contribution in [3.8, 4) is 0 Å². The summed E-state index contributed by atoms with van der Waals surface area (Å²) in [5.74, 6) is -0.337. The predicted molar refractivity (Wildman–Crippen MR) is 65.1 cm³/mol. The van der Waals surface area contributed by atoms with Crippen molar-refractivity contribution in [1.29, 1.82) is 0 Å². The first-order chi connectivity index (χ1) is 7.52. The summed E-state index contributed by atoms with van der Waals surface area (Å²) in [6.07, 6.45) is 3.29. The number of esters is 1. The van der Waals surface area contributed by atoms with Crippen LogP contribution >= 0.6 is 0 Å². The van der Waals surface area contributed by atoms with E-state index in [-0.39, 0.29) is 24.6 Å². The van der Waals surface area contributed by atoms with Crippen molar-refractivity contribution < 1.29 is 14.6 Å². The van der Waals surface area contributed by atoms with Crippen molar-refractivity contribution in [2.24, 2.45) is 5.92 Å². The standard InChI is InChI=1S/C13H24O3/c1-5-7-8-12(14)11(6-2)9-16-13(15)10(3)4/h11-12,14H,3,5-9H2,1-2,4H3. The van der Waals surface area contributed by atoms with Crippen LogP contribution < -0.4 is 0 Å². The summed E-state index contributed by atoms with van der Waals surface area (Å²) in [7, 11) is 0. The van der Waals surface area contributed by atoms with Crippen molar-refractivity contribution >= 4 is 5.97 Å². The number of carbonyl (C=O) groups excluding carboxylic acids is 1. The number of unbranched alkanes of at least 4 members (excludes halogenated alkanes) is 1. The van der Waals surface area contributed by atoms with Gasteiger partial charge in [0.05, 0.1) is 12.7 Å². The highest BCUT2D eigenvalue weighted by Crippen LogP contribution is 2.15. The SMILES string of the molecule is C=C(C)C(=O)OCC(CC)C(O)CCCC. The first-order valence-corrected chi connectivity index (χ1v) is 6.03. The lowest BCUT2D eigenvalue weighted by Crippen LogP contribution is -2.26. The third kappa shape index (κ3) is 5.91. The fourth-order valence-electron chi connectivity index (χ4n) is 1.46. The summed E-state index contributed by atoms with van der Waals surface area (Å²) >= 11 is 0. The van der Waals surface area contributed by atoms with Crippen molar-refractivity contribution in [2.75, 3.05) is 6.61 Å². The smallest absolute Gasteiger partial charge is 0.333 e. The minimum Gasteiger partial charge on any atom is -0.462 e. The topological polar surface area (TPSA) is 46.5 Å². The quantitative estimate of drug-likeness (QED) is 0.513. The maximum Gasteiger partial charge on any atom is 0.333 e. The molecule has 0 aliphatic heterocycles. The predicted octanol–water partition coefficient (Wildman–Crippen LogP) is 2.68. The lowest BCUT2D eigenvalue weighted by Gasteiger charge is -2.21. The first kappa shape index (κ1) is 15.2. The van der Waals surface area contributed by atoms with Crippen LogP contribution in [0.1, 0.15) is 46.5 Å². The summed E-state index contributed by atoms with van der Waals surface area (Å²) in [5, 5.41) is 9.88. The number of hydrogen-bond acceptors (Lipinski definition) is 3. The molecule has 0 aromatic heterocycles. The van der Waals surface area contributed by atoms with Gasteiger partial charge in [0.1, 0.15) is 0 Å². The van der Waals surface area contributed by atoms with Gasteiger partial charge in [0, 0.05) is 11.5 Å². The Morgan fingerprint density at radius 1 is 1.44 bits per heavy atom. The molecule has 0 amide bonds. The maximum absolute atomic E-state index is 11.2. The average Bonchev–Trinajstić information content (AvgIpc) is 2.26. The second-order valence-electron chi connectivity index (χ2n) is 4.26. The molecule has 0 aliphatic rings. The van der Waals surface area contributed by atoms with Crippen molar-refractivity contribution in [2.45, 2.75) is 52.6 Å².